The summed E-state index contributed by atoms with van der Waals surface area (Å²) in [6.07, 6.45) is 0. The predicted molar refractivity (Wildman–Crippen MR) is 115 cm³/mol. The van der Waals surface area contributed by atoms with Gasteiger partial charge in [-0.3, -0.25) is 0 Å². The van der Waals surface area contributed by atoms with Gasteiger partial charge in [0.15, 0.2) is 0 Å². The second-order valence-electron chi connectivity index (χ2n) is 7.98. The standard InChI is InChI=1S/C13H13Si.2C4H9.K.Sn/c1-14(12-8-4-2-5-9-12)13-10-6-3-7-11-13;2*1-4(2)3;;/h2-11H,1H3;2*1-3H3;;. The van der Waals surface area contributed by atoms with E-state index >= 15 is 0 Å². The fourth-order valence-electron chi connectivity index (χ4n) is 2.67. The zero-order chi connectivity index (χ0) is 17.5. The molecule has 0 saturated heterocycles. The molecule has 0 saturated carbocycles. The first-order valence-electron chi connectivity index (χ1n) is 8.32. The quantitative estimate of drug-likeness (QED) is 0.561. The summed E-state index contributed by atoms with van der Waals surface area (Å²) < 4.78 is 1.31. The molecule has 0 fully saturated rings. The van der Waals surface area contributed by atoms with Crippen LogP contribution in [0.3, 0.4) is 0 Å². The summed E-state index contributed by atoms with van der Waals surface area (Å²) in [7, 11) is -0.545. The SMILES string of the molecule is C[C](C)(C)[Sn][C](C)(C)C.C[Si](c1ccccc1)c1ccccc1.[K]. The molecule has 4 radical (unpaired) electrons. The molecule has 0 aliphatic carbocycles. The Kier molecular flexibility index (Phi) is 12.3. The fourth-order valence-corrected chi connectivity index (χ4v) is 10.8. The molecule has 2 aromatic carbocycles. The summed E-state index contributed by atoms with van der Waals surface area (Å²) in [5, 5.41) is 2.95. The molecule has 0 heterocycles. The Morgan fingerprint density at radius 2 is 0.917 bits per heavy atom. The van der Waals surface area contributed by atoms with Crippen LogP contribution in [0.15, 0.2) is 60.7 Å². The maximum Gasteiger partial charge on any atom is 0.118 e. The van der Waals surface area contributed by atoms with Gasteiger partial charge in [0.05, 0.1) is 0 Å². The first kappa shape index (κ1) is 25.1. The van der Waals surface area contributed by atoms with Crippen LogP contribution in [0, 0.1) is 0 Å². The van der Waals surface area contributed by atoms with Crippen molar-refractivity contribution in [1.29, 1.82) is 0 Å². The van der Waals surface area contributed by atoms with Crippen LogP contribution in [-0.4, -0.2) is 81.3 Å². The Morgan fingerprint density at radius 3 is 1.12 bits per heavy atom. The minimum atomic E-state index is -0.545. The van der Waals surface area contributed by atoms with Crippen molar-refractivity contribution >= 4 is 91.7 Å². The van der Waals surface area contributed by atoms with Crippen molar-refractivity contribution < 1.29 is 0 Å². The maximum absolute atomic E-state index is 2.37. The van der Waals surface area contributed by atoms with Crippen LogP contribution >= 0.6 is 0 Å². The van der Waals surface area contributed by atoms with E-state index in [4.69, 9.17) is 0 Å². The Morgan fingerprint density at radius 1 is 0.625 bits per heavy atom. The summed E-state index contributed by atoms with van der Waals surface area (Å²) in [4.78, 5) is 0. The van der Waals surface area contributed by atoms with Gasteiger partial charge in [-0.25, -0.2) is 0 Å². The zero-order valence-electron chi connectivity index (χ0n) is 16.8. The summed E-state index contributed by atoms with van der Waals surface area (Å²) in [6, 6.07) is 21.5. The molecule has 0 atom stereocenters. The van der Waals surface area contributed by atoms with Crippen molar-refractivity contribution in [1.82, 2.24) is 0 Å². The van der Waals surface area contributed by atoms with Gasteiger partial charge in [0, 0.05) is 51.4 Å². The molecule has 0 nitrogen and oxygen atoms in total. The summed E-state index contributed by atoms with van der Waals surface area (Å²) >= 11 is -0.182. The van der Waals surface area contributed by atoms with Gasteiger partial charge < -0.3 is 0 Å². The van der Waals surface area contributed by atoms with Crippen molar-refractivity contribution in [2.24, 2.45) is 0 Å². The maximum atomic E-state index is 2.37. The molecule has 3 heteroatoms. The molecule has 0 N–H and O–H groups in total. The molecule has 124 valence electrons. The summed E-state index contributed by atoms with van der Waals surface area (Å²) in [5.41, 5.74) is 0. The number of rotatable bonds is 2. The van der Waals surface area contributed by atoms with E-state index in [1.54, 1.807) is 0 Å². The molecule has 0 aliphatic rings. The van der Waals surface area contributed by atoms with Crippen LogP contribution in [0.25, 0.3) is 0 Å². The monoisotopic (exact) mass is 470 g/mol. The molecular formula is C21H31KSiSn. The van der Waals surface area contributed by atoms with Crippen LogP contribution in [0.5, 0.6) is 0 Å². The van der Waals surface area contributed by atoms with Gasteiger partial charge in [0.1, 0.15) is 8.80 Å². The Balaban J connectivity index is 0.000000468. The largest absolute Gasteiger partial charge is 0.118 e. The Labute approximate surface area is 204 Å². The number of hydrogen-bond donors (Lipinski definition) is 0. The molecule has 0 aliphatic heterocycles. The van der Waals surface area contributed by atoms with E-state index in [1.807, 2.05) is 0 Å². The van der Waals surface area contributed by atoms with Gasteiger partial charge in [0.2, 0.25) is 0 Å². The Hall–Kier alpha value is 1.09. The average Bonchev–Trinajstić information content (AvgIpc) is 2.45. The van der Waals surface area contributed by atoms with E-state index in [1.165, 1.54) is 10.4 Å². The van der Waals surface area contributed by atoms with Gasteiger partial charge in [-0.05, 0) is 0 Å². The van der Waals surface area contributed by atoms with Crippen molar-refractivity contribution in [2.75, 3.05) is 0 Å². The van der Waals surface area contributed by atoms with E-state index in [-0.39, 0.29) is 72.5 Å². The molecule has 2 rings (SSSR count). The topological polar surface area (TPSA) is 0 Å². The third kappa shape index (κ3) is 11.7. The summed E-state index contributed by atoms with van der Waals surface area (Å²) in [5.74, 6) is 0. The third-order valence-electron chi connectivity index (χ3n) is 3.16. The smallest absolute Gasteiger partial charge is 0.0628 e. The number of benzene rings is 2. The van der Waals surface area contributed by atoms with Crippen molar-refractivity contribution in [3.05, 3.63) is 60.7 Å². The zero-order valence-corrected chi connectivity index (χ0v) is 23.8. The van der Waals surface area contributed by atoms with Gasteiger partial charge in [-0.2, -0.15) is 0 Å². The van der Waals surface area contributed by atoms with Crippen molar-refractivity contribution in [3.63, 3.8) is 0 Å². The molecule has 0 aromatic heterocycles. The molecule has 0 unspecified atom stereocenters. The van der Waals surface area contributed by atoms with E-state index < -0.39 is 8.80 Å². The fraction of sp³-hybridized carbons (Fsp3) is 0.429. The van der Waals surface area contributed by atoms with Gasteiger partial charge >= 0.3 is 69.5 Å². The molecular weight excluding hydrogens is 438 g/mol. The van der Waals surface area contributed by atoms with Crippen LogP contribution < -0.4 is 10.4 Å². The van der Waals surface area contributed by atoms with Crippen molar-refractivity contribution in [2.45, 2.75) is 55.0 Å². The van der Waals surface area contributed by atoms with Gasteiger partial charge in [-0.1, -0.05) is 77.6 Å². The van der Waals surface area contributed by atoms with Gasteiger partial charge in [-0.15, -0.1) is 0 Å². The van der Waals surface area contributed by atoms with E-state index in [2.05, 4.69) is 109 Å². The second-order valence-corrected chi connectivity index (χ2v) is 19.7. The first-order chi connectivity index (χ1) is 10.6. The minimum Gasteiger partial charge on any atom is -0.0628 e. The van der Waals surface area contributed by atoms with Crippen LogP contribution in [0.1, 0.15) is 41.5 Å². The Bertz CT molecular complexity index is 504. The molecule has 2 aromatic rings. The average molecular weight is 469 g/mol. The van der Waals surface area contributed by atoms with Crippen LogP contribution in [0.4, 0.5) is 0 Å². The third-order valence-corrected chi connectivity index (χ3v) is 9.84. The normalized spacial score (nSPS) is 11.3. The van der Waals surface area contributed by atoms with E-state index in [0.717, 1.165) is 0 Å². The predicted octanol–water partition coefficient (Wildman–Crippen LogP) is 4.67. The molecule has 0 bridgehead atoms. The van der Waals surface area contributed by atoms with Crippen molar-refractivity contribution in [3.8, 4) is 0 Å². The van der Waals surface area contributed by atoms with Crippen LogP contribution in [-0.2, 0) is 0 Å². The van der Waals surface area contributed by atoms with Crippen LogP contribution in [0.2, 0.25) is 13.4 Å². The molecule has 24 heavy (non-hydrogen) atoms. The molecule has 0 spiro atoms. The van der Waals surface area contributed by atoms with E-state index in [0.29, 0.717) is 6.86 Å². The van der Waals surface area contributed by atoms with Gasteiger partial charge in [0.25, 0.3) is 0 Å². The number of hydrogen-bond acceptors (Lipinski definition) is 0. The first-order valence-corrected chi connectivity index (χ1v) is 13.2. The second kappa shape index (κ2) is 11.7. The molecule has 0 amide bonds. The summed E-state index contributed by atoms with van der Waals surface area (Å²) in [6.45, 7) is 16.5. The van der Waals surface area contributed by atoms with E-state index in [9.17, 15) is 0 Å². The minimum absolute atomic E-state index is 0.